The minimum atomic E-state index is -0.0277. The average molecular weight is 564 g/mol. The lowest BCUT2D eigenvalue weighted by atomic mass is 9.94. The predicted octanol–water partition coefficient (Wildman–Crippen LogP) is 7.42. The predicted molar refractivity (Wildman–Crippen MR) is 136 cm³/mol. The van der Waals surface area contributed by atoms with E-state index in [1.165, 1.54) is 18.2 Å². The minimum Gasteiger partial charge on any atom is -0.506 e. The Balaban J connectivity index is 1.77. The lowest BCUT2D eigenvalue weighted by Gasteiger charge is -2.30. The van der Waals surface area contributed by atoms with Gasteiger partial charge in [0.15, 0.2) is 5.17 Å². The first-order valence-corrected chi connectivity index (χ1v) is 13.0. The third-order valence-corrected chi connectivity index (χ3v) is 7.75. The topological polar surface area (TPSA) is 52.9 Å². The molecule has 0 radical (unpaired) electrons. The molecule has 2 aliphatic rings. The molecule has 0 aromatic heterocycles. The fourth-order valence-corrected chi connectivity index (χ4v) is 6.39. The van der Waals surface area contributed by atoms with Crippen molar-refractivity contribution in [2.75, 3.05) is 0 Å². The zero-order chi connectivity index (χ0) is 22.0. The molecule has 1 aliphatic carbocycles. The minimum absolute atomic E-state index is 0.0277. The number of halogens is 2. The van der Waals surface area contributed by atoms with Crippen molar-refractivity contribution in [1.29, 1.82) is 0 Å². The molecule has 31 heavy (non-hydrogen) atoms. The fraction of sp³-hybridized carbons (Fsp3) is 0.333. The number of amides is 1. The molecule has 4 nitrogen and oxygen atoms in total. The molecule has 0 bridgehead atoms. The molecule has 1 saturated heterocycles. The zero-order valence-electron chi connectivity index (χ0n) is 17.3. The fourth-order valence-electron chi connectivity index (χ4n) is 4.08. The van der Waals surface area contributed by atoms with Gasteiger partial charge in [0.2, 0.25) is 0 Å². The van der Waals surface area contributed by atoms with Crippen LogP contribution in [0.25, 0.3) is 6.08 Å². The molecular weight excluding hydrogens is 540 g/mol. The second kappa shape index (κ2) is 9.92. The molecule has 1 N–H and O–H groups in total. The first-order valence-electron chi connectivity index (χ1n) is 10.6. The van der Waals surface area contributed by atoms with Gasteiger partial charge in [-0.3, -0.25) is 9.69 Å². The van der Waals surface area contributed by atoms with Crippen molar-refractivity contribution < 1.29 is 9.90 Å². The highest BCUT2D eigenvalue weighted by atomic mass is 79.9. The van der Waals surface area contributed by atoms with Gasteiger partial charge in [-0.15, -0.1) is 0 Å². The maximum absolute atomic E-state index is 13.5. The van der Waals surface area contributed by atoms with Crippen LogP contribution in [0, 0.1) is 0 Å². The number of para-hydroxylation sites is 1. The molecule has 2 aromatic carbocycles. The number of aromatic hydroxyl groups is 1. The van der Waals surface area contributed by atoms with Crippen molar-refractivity contribution in [2.24, 2.45) is 4.99 Å². The second-order valence-corrected chi connectivity index (χ2v) is 10.6. The summed E-state index contributed by atoms with van der Waals surface area (Å²) in [5.74, 6) is 0.0927. The molecular formula is C24H24Br2N2O2S. The Morgan fingerprint density at radius 2 is 1.94 bits per heavy atom. The van der Waals surface area contributed by atoms with Crippen molar-refractivity contribution in [3.05, 3.63) is 61.4 Å². The Kier molecular flexibility index (Phi) is 7.24. The molecule has 0 spiro atoms. The van der Waals surface area contributed by atoms with E-state index in [-0.39, 0.29) is 17.7 Å². The Morgan fingerprint density at radius 1 is 1.19 bits per heavy atom. The second-order valence-electron chi connectivity index (χ2n) is 7.78. The van der Waals surface area contributed by atoms with E-state index in [2.05, 4.69) is 44.8 Å². The molecule has 2 fully saturated rings. The van der Waals surface area contributed by atoms with E-state index in [9.17, 15) is 9.90 Å². The Morgan fingerprint density at radius 3 is 2.68 bits per heavy atom. The van der Waals surface area contributed by atoms with Gasteiger partial charge < -0.3 is 5.11 Å². The van der Waals surface area contributed by atoms with Gasteiger partial charge >= 0.3 is 0 Å². The largest absolute Gasteiger partial charge is 0.506 e. The molecule has 1 amide bonds. The van der Waals surface area contributed by atoms with Gasteiger partial charge in [-0.25, -0.2) is 4.99 Å². The van der Waals surface area contributed by atoms with Crippen LogP contribution in [-0.4, -0.2) is 27.1 Å². The Hall–Kier alpha value is -1.57. The van der Waals surface area contributed by atoms with Gasteiger partial charge in [0.05, 0.1) is 15.1 Å². The first kappa shape index (κ1) is 22.6. The quantitative estimate of drug-likeness (QED) is 0.394. The van der Waals surface area contributed by atoms with Crippen LogP contribution in [0.3, 0.4) is 0 Å². The summed E-state index contributed by atoms with van der Waals surface area (Å²) >= 11 is 8.23. The van der Waals surface area contributed by atoms with Crippen molar-refractivity contribution in [3.63, 3.8) is 0 Å². The summed E-state index contributed by atoms with van der Waals surface area (Å²) in [5, 5.41) is 11.2. The summed E-state index contributed by atoms with van der Waals surface area (Å²) < 4.78 is 1.41. The highest BCUT2D eigenvalue weighted by Crippen LogP contribution is 2.41. The number of thioether (sulfide) groups is 1. The number of rotatable bonds is 4. The van der Waals surface area contributed by atoms with Crippen LogP contribution in [0.15, 0.2) is 55.2 Å². The van der Waals surface area contributed by atoms with Gasteiger partial charge in [0.1, 0.15) is 5.75 Å². The molecule has 4 rings (SSSR count). The van der Waals surface area contributed by atoms with Gasteiger partial charge in [0.25, 0.3) is 5.91 Å². The SMILES string of the molecule is CCc1ccccc1N=C1S/C(=C/c2cc(Br)cc(Br)c2O)C(=O)N1C1CCCCC1. The van der Waals surface area contributed by atoms with Crippen LogP contribution in [0.1, 0.15) is 50.2 Å². The number of carbonyl (C=O) groups is 1. The average Bonchev–Trinajstić information content (AvgIpc) is 3.07. The van der Waals surface area contributed by atoms with E-state index >= 15 is 0 Å². The number of aryl methyl sites for hydroxylation is 1. The van der Waals surface area contributed by atoms with Gasteiger partial charge in [-0.1, -0.05) is 60.3 Å². The van der Waals surface area contributed by atoms with Crippen molar-refractivity contribution in [3.8, 4) is 5.75 Å². The summed E-state index contributed by atoms with van der Waals surface area (Å²) in [6.07, 6.45) is 8.15. The number of hydrogen-bond acceptors (Lipinski definition) is 4. The van der Waals surface area contributed by atoms with Crippen LogP contribution in [0.2, 0.25) is 0 Å². The summed E-state index contributed by atoms with van der Waals surface area (Å²) in [7, 11) is 0. The highest BCUT2D eigenvalue weighted by molar-refractivity contribution is 9.11. The summed E-state index contributed by atoms with van der Waals surface area (Å²) in [6, 6.07) is 11.9. The number of carbonyl (C=O) groups excluding carboxylic acids is 1. The lowest BCUT2D eigenvalue weighted by molar-refractivity contribution is -0.124. The number of hydrogen-bond donors (Lipinski definition) is 1. The van der Waals surface area contributed by atoms with Gasteiger partial charge in [-0.2, -0.15) is 0 Å². The Labute approximate surface area is 204 Å². The highest BCUT2D eigenvalue weighted by Gasteiger charge is 2.39. The number of benzene rings is 2. The number of phenolic OH excluding ortho intramolecular Hbond substituents is 1. The molecule has 1 aliphatic heterocycles. The van der Waals surface area contributed by atoms with Gasteiger partial charge in [0, 0.05) is 16.1 Å². The van der Waals surface area contributed by atoms with Crippen LogP contribution >= 0.6 is 43.6 Å². The van der Waals surface area contributed by atoms with Crippen LogP contribution in [0.5, 0.6) is 5.75 Å². The monoisotopic (exact) mass is 562 g/mol. The number of phenols is 1. The molecule has 0 atom stereocenters. The van der Waals surface area contributed by atoms with Crippen LogP contribution in [-0.2, 0) is 11.2 Å². The van der Waals surface area contributed by atoms with E-state index in [4.69, 9.17) is 4.99 Å². The number of amidine groups is 1. The van der Waals surface area contributed by atoms with E-state index in [1.807, 2.05) is 29.2 Å². The van der Waals surface area contributed by atoms with Crippen LogP contribution < -0.4 is 0 Å². The smallest absolute Gasteiger partial charge is 0.267 e. The Bertz CT molecular complexity index is 1060. The van der Waals surface area contributed by atoms with E-state index in [0.29, 0.717) is 14.9 Å². The van der Waals surface area contributed by atoms with Crippen molar-refractivity contribution >= 4 is 66.5 Å². The van der Waals surface area contributed by atoms with Gasteiger partial charge in [-0.05, 0) is 76.8 Å². The third kappa shape index (κ3) is 4.94. The van der Waals surface area contributed by atoms with Crippen molar-refractivity contribution in [2.45, 2.75) is 51.5 Å². The summed E-state index contributed by atoms with van der Waals surface area (Å²) in [5.41, 5.74) is 2.67. The number of nitrogens with zero attached hydrogens (tertiary/aromatic N) is 2. The van der Waals surface area contributed by atoms with E-state index in [0.717, 1.165) is 53.0 Å². The standard InChI is InChI=1S/C24H24Br2N2O2S/c1-2-15-8-6-7-11-20(15)27-24-28(18-9-4-3-5-10-18)23(30)21(31-24)13-16-12-17(25)14-19(26)22(16)29/h6-8,11-14,18,29H,2-5,9-10H2,1H3/b21-13+,27-24?. The number of aliphatic imine (C=N–C) groups is 1. The molecule has 2 aromatic rings. The molecule has 1 saturated carbocycles. The van der Waals surface area contributed by atoms with Crippen LogP contribution in [0.4, 0.5) is 5.69 Å². The molecule has 1 heterocycles. The maximum Gasteiger partial charge on any atom is 0.267 e. The first-order chi connectivity index (χ1) is 15.0. The third-order valence-electron chi connectivity index (χ3n) is 5.71. The molecule has 162 valence electrons. The zero-order valence-corrected chi connectivity index (χ0v) is 21.3. The van der Waals surface area contributed by atoms with E-state index < -0.39 is 0 Å². The van der Waals surface area contributed by atoms with Crippen molar-refractivity contribution in [1.82, 2.24) is 4.90 Å². The maximum atomic E-state index is 13.5. The lowest BCUT2D eigenvalue weighted by Crippen LogP contribution is -2.40. The normalized spacial score (nSPS) is 20.2. The molecule has 7 heteroatoms. The van der Waals surface area contributed by atoms with E-state index in [1.54, 1.807) is 12.1 Å². The molecule has 0 unspecified atom stereocenters. The summed E-state index contributed by atoms with van der Waals surface area (Å²) in [6.45, 7) is 2.12. The summed E-state index contributed by atoms with van der Waals surface area (Å²) in [4.78, 5) is 20.9.